The first-order valence-corrected chi connectivity index (χ1v) is 12.4. The van der Waals surface area contributed by atoms with Gasteiger partial charge < -0.3 is 14.5 Å². The highest BCUT2D eigenvalue weighted by molar-refractivity contribution is 5.80. The zero-order valence-corrected chi connectivity index (χ0v) is 20.6. The summed E-state index contributed by atoms with van der Waals surface area (Å²) in [6.07, 6.45) is 1.78. The third-order valence-corrected chi connectivity index (χ3v) is 7.04. The Kier molecular flexibility index (Phi) is 8.01. The zero-order chi connectivity index (χ0) is 24.1. The van der Waals surface area contributed by atoms with Gasteiger partial charge in [0.1, 0.15) is 0 Å². The minimum absolute atomic E-state index is 0.0444. The molecule has 0 bridgehead atoms. The highest BCUT2D eigenvalue weighted by Crippen LogP contribution is 2.28. The quantitative estimate of drug-likeness (QED) is 0.657. The molecule has 0 spiro atoms. The number of likely N-dealkylation sites (tertiary alicyclic amines) is 1. The fraction of sp³-hybridized carbons (Fsp3) is 0.500. The molecule has 2 aromatic rings. The topological polar surface area (TPSA) is 53.1 Å². The minimum atomic E-state index is -0.126. The van der Waals surface area contributed by atoms with Crippen molar-refractivity contribution >= 4 is 11.8 Å². The molecule has 2 unspecified atom stereocenters. The van der Waals surface area contributed by atoms with Gasteiger partial charge >= 0.3 is 0 Å². The van der Waals surface area contributed by atoms with Gasteiger partial charge in [0.2, 0.25) is 11.8 Å². The molecule has 2 saturated heterocycles. The first kappa shape index (κ1) is 24.4. The number of piperidine rings is 1. The van der Waals surface area contributed by atoms with E-state index in [1.54, 1.807) is 0 Å². The van der Waals surface area contributed by atoms with Crippen molar-refractivity contribution in [1.82, 2.24) is 14.7 Å². The maximum atomic E-state index is 13.3. The van der Waals surface area contributed by atoms with Gasteiger partial charge in [0, 0.05) is 26.1 Å². The molecule has 2 heterocycles. The third-order valence-electron chi connectivity index (χ3n) is 7.04. The van der Waals surface area contributed by atoms with Crippen LogP contribution < -0.4 is 0 Å². The Labute approximate surface area is 203 Å². The number of rotatable bonds is 6. The number of nitrogens with zero attached hydrogens (tertiary/aromatic N) is 3. The Morgan fingerprint density at radius 3 is 1.91 bits per heavy atom. The first-order chi connectivity index (χ1) is 16.4. The second kappa shape index (κ2) is 11.2. The summed E-state index contributed by atoms with van der Waals surface area (Å²) in [6.45, 7) is 7.32. The van der Waals surface area contributed by atoms with Crippen LogP contribution in [0.15, 0.2) is 60.7 Å². The fourth-order valence-electron chi connectivity index (χ4n) is 5.31. The smallest absolute Gasteiger partial charge is 0.237 e. The van der Waals surface area contributed by atoms with Gasteiger partial charge in [-0.05, 0) is 50.9 Å². The van der Waals surface area contributed by atoms with Crippen LogP contribution in [0.25, 0.3) is 0 Å². The highest BCUT2D eigenvalue weighted by Gasteiger charge is 2.33. The van der Waals surface area contributed by atoms with Crippen LogP contribution in [-0.4, -0.2) is 78.5 Å². The summed E-state index contributed by atoms with van der Waals surface area (Å²) >= 11 is 0. The number of amides is 2. The van der Waals surface area contributed by atoms with E-state index in [1.165, 1.54) is 0 Å². The minimum Gasteiger partial charge on any atom is -0.372 e. The van der Waals surface area contributed by atoms with Crippen molar-refractivity contribution in [3.63, 3.8) is 0 Å². The summed E-state index contributed by atoms with van der Waals surface area (Å²) in [5, 5.41) is 0. The van der Waals surface area contributed by atoms with Crippen molar-refractivity contribution in [2.45, 2.75) is 44.9 Å². The molecule has 2 fully saturated rings. The molecule has 0 saturated carbocycles. The average Bonchev–Trinajstić information content (AvgIpc) is 2.85. The monoisotopic (exact) mass is 463 g/mol. The van der Waals surface area contributed by atoms with E-state index >= 15 is 0 Å². The summed E-state index contributed by atoms with van der Waals surface area (Å²) < 4.78 is 5.78. The Hall–Kier alpha value is -2.70. The van der Waals surface area contributed by atoms with E-state index in [-0.39, 0.29) is 36.0 Å². The van der Waals surface area contributed by atoms with Crippen molar-refractivity contribution in [2.24, 2.45) is 5.92 Å². The predicted molar refractivity (Wildman–Crippen MR) is 133 cm³/mol. The molecule has 4 rings (SSSR count). The molecular weight excluding hydrogens is 426 g/mol. The van der Waals surface area contributed by atoms with Gasteiger partial charge in [0.15, 0.2) is 0 Å². The SMILES string of the molecule is CC1CN(C(=O)C2CCN(CC(=O)N(C)C(c3ccccc3)c3ccccc3)CC2)CC(C)O1. The lowest BCUT2D eigenvalue weighted by atomic mass is 9.94. The van der Waals surface area contributed by atoms with Gasteiger partial charge in [0.05, 0.1) is 24.8 Å². The maximum absolute atomic E-state index is 13.3. The Balaban J connectivity index is 1.35. The largest absolute Gasteiger partial charge is 0.372 e. The second-order valence-electron chi connectivity index (χ2n) is 9.78. The van der Waals surface area contributed by atoms with Crippen molar-refractivity contribution in [3.8, 4) is 0 Å². The zero-order valence-electron chi connectivity index (χ0n) is 20.6. The van der Waals surface area contributed by atoms with Crippen LogP contribution in [0.5, 0.6) is 0 Å². The molecule has 2 aromatic carbocycles. The van der Waals surface area contributed by atoms with E-state index < -0.39 is 0 Å². The first-order valence-electron chi connectivity index (χ1n) is 12.4. The van der Waals surface area contributed by atoms with Crippen molar-refractivity contribution < 1.29 is 14.3 Å². The van der Waals surface area contributed by atoms with E-state index in [0.29, 0.717) is 19.6 Å². The molecule has 2 atom stereocenters. The number of benzene rings is 2. The molecule has 2 amide bonds. The van der Waals surface area contributed by atoms with E-state index in [9.17, 15) is 9.59 Å². The molecule has 182 valence electrons. The predicted octanol–water partition coefficient (Wildman–Crippen LogP) is 3.58. The van der Waals surface area contributed by atoms with E-state index in [4.69, 9.17) is 4.74 Å². The lowest BCUT2D eigenvalue weighted by molar-refractivity contribution is -0.149. The van der Waals surface area contributed by atoms with Crippen molar-refractivity contribution in [3.05, 3.63) is 71.8 Å². The number of ether oxygens (including phenoxy) is 1. The summed E-state index contributed by atoms with van der Waals surface area (Å²) in [4.78, 5) is 32.4. The Morgan fingerprint density at radius 2 is 1.41 bits per heavy atom. The van der Waals surface area contributed by atoms with Gasteiger partial charge in [-0.2, -0.15) is 0 Å². The molecule has 0 radical (unpaired) electrons. The number of likely N-dealkylation sites (N-methyl/N-ethyl adjacent to an activating group) is 1. The standard InChI is InChI=1S/C28H37N3O3/c1-21-18-31(19-22(2)34-21)28(33)25-14-16-30(17-15-25)20-26(32)29(3)27(23-10-6-4-7-11-23)24-12-8-5-9-13-24/h4-13,21-22,25,27H,14-20H2,1-3H3. The normalized spacial score (nSPS) is 22.1. The lowest BCUT2D eigenvalue weighted by Crippen LogP contribution is -2.52. The summed E-state index contributed by atoms with van der Waals surface area (Å²) in [5.74, 6) is 0.389. The molecule has 6 nitrogen and oxygen atoms in total. The molecular formula is C28H37N3O3. The van der Waals surface area contributed by atoms with Crippen LogP contribution in [0.3, 0.4) is 0 Å². The maximum Gasteiger partial charge on any atom is 0.237 e. The van der Waals surface area contributed by atoms with Crippen LogP contribution in [0, 0.1) is 5.92 Å². The van der Waals surface area contributed by atoms with E-state index in [0.717, 1.165) is 37.1 Å². The Bertz CT molecular complexity index is 894. The molecule has 0 aliphatic carbocycles. The molecule has 0 N–H and O–H groups in total. The van der Waals surface area contributed by atoms with Gasteiger partial charge in [-0.15, -0.1) is 0 Å². The number of carbonyl (C=O) groups is 2. The van der Waals surface area contributed by atoms with Gasteiger partial charge in [-0.25, -0.2) is 0 Å². The summed E-state index contributed by atoms with van der Waals surface area (Å²) in [7, 11) is 1.89. The van der Waals surface area contributed by atoms with Gasteiger partial charge in [-0.1, -0.05) is 60.7 Å². The van der Waals surface area contributed by atoms with E-state index in [1.807, 2.05) is 67.1 Å². The van der Waals surface area contributed by atoms with Crippen molar-refractivity contribution in [1.29, 1.82) is 0 Å². The summed E-state index contributed by atoms with van der Waals surface area (Å²) in [6, 6.07) is 20.2. The molecule has 0 aromatic heterocycles. The van der Waals surface area contributed by atoms with Gasteiger partial charge in [0.25, 0.3) is 0 Å². The third kappa shape index (κ3) is 5.86. The highest BCUT2D eigenvalue weighted by atomic mass is 16.5. The van der Waals surface area contributed by atoms with Crippen LogP contribution in [0.2, 0.25) is 0 Å². The number of carbonyl (C=O) groups excluding carboxylic acids is 2. The van der Waals surface area contributed by atoms with Crippen LogP contribution >= 0.6 is 0 Å². The van der Waals surface area contributed by atoms with Crippen LogP contribution in [0.1, 0.15) is 43.9 Å². The molecule has 6 heteroatoms. The lowest BCUT2D eigenvalue weighted by Gasteiger charge is -2.39. The summed E-state index contributed by atoms with van der Waals surface area (Å²) in [5.41, 5.74) is 2.20. The van der Waals surface area contributed by atoms with E-state index in [2.05, 4.69) is 29.2 Å². The average molecular weight is 464 g/mol. The van der Waals surface area contributed by atoms with Crippen LogP contribution in [-0.2, 0) is 14.3 Å². The molecule has 2 aliphatic heterocycles. The van der Waals surface area contributed by atoms with Crippen LogP contribution in [0.4, 0.5) is 0 Å². The number of hydrogen-bond acceptors (Lipinski definition) is 4. The second-order valence-corrected chi connectivity index (χ2v) is 9.78. The number of hydrogen-bond donors (Lipinski definition) is 0. The molecule has 2 aliphatic rings. The number of morpholine rings is 1. The fourth-order valence-corrected chi connectivity index (χ4v) is 5.31. The van der Waals surface area contributed by atoms with Crippen molar-refractivity contribution in [2.75, 3.05) is 39.8 Å². The Morgan fingerprint density at radius 1 is 0.912 bits per heavy atom. The van der Waals surface area contributed by atoms with Gasteiger partial charge in [-0.3, -0.25) is 14.5 Å². The molecule has 34 heavy (non-hydrogen) atoms.